The molecule has 0 saturated carbocycles. The minimum atomic E-state index is -0.409. The lowest BCUT2D eigenvalue weighted by Crippen LogP contribution is -1.98. The molecule has 1 aromatic carbocycles. The summed E-state index contributed by atoms with van der Waals surface area (Å²) in [5.74, 6) is 0. The number of rotatable bonds is 3. The molecule has 0 bridgehead atoms. The normalized spacial score (nSPS) is 10.6. The Bertz CT molecular complexity index is 604. The zero-order valence-electron chi connectivity index (χ0n) is 10.3. The van der Waals surface area contributed by atoms with Crippen LogP contribution in [-0.4, -0.2) is 14.7 Å². The number of hydrogen-bond acceptors (Lipinski definition) is 4. The van der Waals surface area contributed by atoms with Crippen LogP contribution in [0.2, 0.25) is 0 Å². The monoisotopic (exact) mass is 246 g/mol. The maximum absolute atomic E-state index is 10.8. The first-order valence-electron chi connectivity index (χ1n) is 5.51. The van der Waals surface area contributed by atoms with Crippen LogP contribution in [0.5, 0.6) is 0 Å². The van der Waals surface area contributed by atoms with E-state index in [2.05, 4.69) is 5.10 Å². The van der Waals surface area contributed by atoms with E-state index < -0.39 is 4.92 Å². The molecule has 0 unspecified atom stereocenters. The SMILES string of the molecule is Cc1ccc([N+](=O)[O-])cc1-c1nn(C)cc1CN. The van der Waals surface area contributed by atoms with E-state index in [1.165, 1.54) is 12.1 Å². The van der Waals surface area contributed by atoms with E-state index in [4.69, 9.17) is 5.73 Å². The summed E-state index contributed by atoms with van der Waals surface area (Å²) in [4.78, 5) is 10.4. The molecule has 0 aliphatic rings. The van der Waals surface area contributed by atoms with Gasteiger partial charge < -0.3 is 5.73 Å². The lowest BCUT2D eigenvalue weighted by Gasteiger charge is -2.04. The quantitative estimate of drug-likeness (QED) is 0.660. The highest BCUT2D eigenvalue weighted by Gasteiger charge is 2.15. The first-order chi connectivity index (χ1) is 8.52. The Hall–Kier alpha value is -2.21. The third kappa shape index (κ3) is 2.10. The molecule has 0 aliphatic heterocycles. The van der Waals surface area contributed by atoms with Gasteiger partial charge in [-0.3, -0.25) is 14.8 Å². The van der Waals surface area contributed by atoms with Crippen LogP contribution in [0.4, 0.5) is 5.69 Å². The van der Waals surface area contributed by atoms with E-state index in [1.807, 2.05) is 13.1 Å². The van der Waals surface area contributed by atoms with Gasteiger partial charge in [-0.2, -0.15) is 5.10 Å². The summed E-state index contributed by atoms with van der Waals surface area (Å²) in [6, 6.07) is 4.75. The number of benzene rings is 1. The Balaban J connectivity index is 2.62. The Morgan fingerprint density at radius 2 is 2.22 bits per heavy atom. The number of aryl methyl sites for hydroxylation is 2. The van der Waals surface area contributed by atoms with Gasteiger partial charge in [0.15, 0.2) is 0 Å². The average Bonchev–Trinajstić information content (AvgIpc) is 2.70. The van der Waals surface area contributed by atoms with E-state index in [9.17, 15) is 10.1 Å². The van der Waals surface area contributed by atoms with Gasteiger partial charge in [0.2, 0.25) is 0 Å². The van der Waals surface area contributed by atoms with Gasteiger partial charge in [0, 0.05) is 43.0 Å². The van der Waals surface area contributed by atoms with Gasteiger partial charge in [0.25, 0.3) is 5.69 Å². The van der Waals surface area contributed by atoms with Gasteiger partial charge in [-0.05, 0) is 12.5 Å². The molecule has 18 heavy (non-hydrogen) atoms. The number of nitrogens with two attached hydrogens (primary N) is 1. The number of nitrogens with zero attached hydrogens (tertiary/aromatic N) is 3. The summed E-state index contributed by atoms with van der Waals surface area (Å²) >= 11 is 0. The summed E-state index contributed by atoms with van der Waals surface area (Å²) in [6.45, 7) is 2.25. The number of aromatic nitrogens is 2. The number of nitro benzene ring substituents is 1. The lowest BCUT2D eigenvalue weighted by molar-refractivity contribution is -0.384. The van der Waals surface area contributed by atoms with Gasteiger partial charge in [0.05, 0.1) is 10.6 Å². The molecule has 0 radical (unpaired) electrons. The van der Waals surface area contributed by atoms with Crippen molar-refractivity contribution < 1.29 is 4.92 Å². The second kappa shape index (κ2) is 4.58. The highest BCUT2D eigenvalue weighted by atomic mass is 16.6. The van der Waals surface area contributed by atoms with Crippen LogP contribution in [-0.2, 0) is 13.6 Å². The van der Waals surface area contributed by atoms with Crippen LogP contribution in [0.15, 0.2) is 24.4 Å². The zero-order chi connectivity index (χ0) is 13.3. The molecule has 6 nitrogen and oxygen atoms in total. The van der Waals surface area contributed by atoms with Gasteiger partial charge >= 0.3 is 0 Å². The standard InChI is InChI=1S/C12H14N4O2/c1-8-3-4-10(16(17)18)5-11(8)12-9(6-13)7-15(2)14-12/h3-5,7H,6,13H2,1-2H3. The third-order valence-corrected chi connectivity index (χ3v) is 2.81. The molecule has 0 saturated heterocycles. The summed E-state index contributed by atoms with van der Waals surface area (Å²) in [5.41, 5.74) is 9.00. The van der Waals surface area contributed by atoms with Crippen molar-refractivity contribution in [2.75, 3.05) is 0 Å². The summed E-state index contributed by atoms with van der Waals surface area (Å²) in [7, 11) is 1.80. The maximum atomic E-state index is 10.8. The van der Waals surface area contributed by atoms with Gasteiger partial charge in [-0.25, -0.2) is 0 Å². The molecular formula is C12H14N4O2. The van der Waals surface area contributed by atoms with E-state index in [0.29, 0.717) is 12.2 Å². The molecule has 2 aromatic rings. The first-order valence-corrected chi connectivity index (χ1v) is 5.51. The minimum Gasteiger partial charge on any atom is -0.326 e. The van der Waals surface area contributed by atoms with E-state index >= 15 is 0 Å². The van der Waals surface area contributed by atoms with Crippen molar-refractivity contribution >= 4 is 5.69 Å². The predicted molar refractivity (Wildman–Crippen MR) is 67.9 cm³/mol. The van der Waals surface area contributed by atoms with Crippen molar-refractivity contribution in [1.29, 1.82) is 0 Å². The summed E-state index contributed by atoms with van der Waals surface area (Å²) in [6.07, 6.45) is 1.83. The third-order valence-electron chi connectivity index (χ3n) is 2.81. The van der Waals surface area contributed by atoms with Gasteiger partial charge in [-0.1, -0.05) is 6.07 Å². The van der Waals surface area contributed by atoms with Crippen LogP contribution in [0.25, 0.3) is 11.3 Å². The Morgan fingerprint density at radius 3 is 2.83 bits per heavy atom. The van der Waals surface area contributed by atoms with Crippen LogP contribution < -0.4 is 5.73 Å². The Morgan fingerprint density at radius 1 is 1.50 bits per heavy atom. The van der Waals surface area contributed by atoms with Crippen LogP contribution in [0, 0.1) is 17.0 Å². The number of nitro groups is 1. The molecule has 0 fully saturated rings. The van der Waals surface area contributed by atoms with Crippen LogP contribution >= 0.6 is 0 Å². The maximum Gasteiger partial charge on any atom is 0.270 e. The highest BCUT2D eigenvalue weighted by Crippen LogP contribution is 2.28. The average molecular weight is 246 g/mol. The fourth-order valence-corrected chi connectivity index (χ4v) is 1.89. The molecule has 0 atom stereocenters. The molecule has 94 valence electrons. The predicted octanol–water partition coefficient (Wildman–Crippen LogP) is 1.76. The molecule has 0 aliphatic carbocycles. The van der Waals surface area contributed by atoms with Crippen molar-refractivity contribution in [3.05, 3.63) is 45.6 Å². The minimum absolute atomic E-state index is 0.0595. The Kier molecular flexibility index (Phi) is 3.12. The molecule has 1 heterocycles. The molecule has 0 spiro atoms. The first kappa shape index (κ1) is 12.3. The van der Waals surface area contributed by atoms with Crippen molar-refractivity contribution in [2.45, 2.75) is 13.5 Å². The van der Waals surface area contributed by atoms with Crippen LogP contribution in [0.3, 0.4) is 0 Å². The van der Waals surface area contributed by atoms with Crippen LogP contribution in [0.1, 0.15) is 11.1 Å². The smallest absolute Gasteiger partial charge is 0.270 e. The summed E-state index contributed by atoms with van der Waals surface area (Å²) in [5, 5.41) is 15.1. The molecule has 2 N–H and O–H groups in total. The van der Waals surface area contributed by atoms with E-state index in [-0.39, 0.29) is 5.69 Å². The molecule has 6 heteroatoms. The fraction of sp³-hybridized carbons (Fsp3) is 0.250. The van der Waals surface area contributed by atoms with Gasteiger partial charge in [-0.15, -0.1) is 0 Å². The second-order valence-corrected chi connectivity index (χ2v) is 4.14. The number of hydrogen-bond donors (Lipinski definition) is 1. The lowest BCUT2D eigenvalue weighted by atomic mass is 10.0. The molecule has 2 rings (SSSR count). The van der Waals surface area contributed by atoms with Crippen molar-refractivity contribution in [1.82, 2.24) is 9.78 Å². The van der Waals surface area contributed by atoms with E-state index in [0.717, 1.165) is 16.7 Å². The summed E-state index contributed by atoms with van der Waals surface area (Å²) < 4.78 is 1.66. The van der Waals surface area contributed by atoms with Crippen molar-refractivity contribution in [3.8, 4) is 11.3 Å². The topological polar surface area (TPSA) is 87.0 Å². The highest BCUT2D eigenvalue weighted by molar-refractivity contribution is 5.69. The molecule has 0 amide bonds. The number of non-ortho nitro benzene ring substituents is 1. The van der Waals surface area contributed by atoms with Crippen molar-refractivity contribution in [2.24, 2.45) is 12.8 Å². The van der Waals surface area contributed by atoms with Gasteiger partial charge in [0.1, 0.15) is 0 Å². The van der Waals surface area contributed by atoms with Crippen molar-refractivity contribution in [3.63, 3.8) is 0 Å². The second-order valence-electron chi connectivity index (χ2n) is 4.14. The van der Waals surface area contributed by atoms with E-state index in [1.54, 1.807) is 17.8 Å². The zero-order valence-corrected chi connectivity index (χ0v) is 10.3. The Labute approximate surface area is 104 Å². The largest absolute Gasteiger partial charge is 0.326 e. The fourth-order valence-electron chi connectivity index (χ4n) is 1.89. The molecule has 1 aromatic heterocycles. The molecular weight excluding hydrogens is 232 g/mol.